The van der Waals surface area contributed by atoms with E-state index in [4.69, 9.17) is 5.21 Å². The van der Waals surface area contributed by atoms with Gasteiger partial charge in [0.15, 0.2) is 0 Å². The van der Waals surface area contributed by atoms with Crippen LogP contribution in [0.25, 0.3) is 0 Å². The zero-order valence-corrected chi connectivity index (χ0v) is 6.47. The van der Waals surface area contributed by atoms with Crippen LogP contribution in [0.3, 0.4) is 0 Å². The highest BCUT2D eigenvalue weighted by atomic mass is 19.1. The number of hydrogen-bond acceptors (Lipinski definition) is 2. The molecule has 0 saturated heterocycles. The molecule has 3 heteroatoms. The van der Waals surface area contributed by atoms with Crippen LogP contribution in [0, 0.1) is 0 Å². The lowest BCUT2D eigenvalue weighted by molar-refractivity contribution is 0.144. The van der Waals surface area contributed by atoms with Gasteiger partial charge in [0.05, 0.1) is 6.04 Å². The summed E-state index contributed by atoms with van der Waals surface area (Å²) in [4.78, 5) is 0. The van der Waals surface area contributed by atoms with Gasteiger partial charge in [0.1, 0.15) is 5.83 Å². The third kappa shape index (κ3) is 2.13. The molecule has 0 amide bonds. The van der Waals surface area contributed by atoms with Gasteiger partial charge in [0.2, 0.25) is 0 Å². The van der Waals surface area contributed by atoms with Gasteiger partial charge in [-0.1, -0.05) is 11.6 Å². The van der Waals surface area contributed by atoms with Crippen LogP contribution in [0.1, 0.15) is 19.8 Å². The van der Waals surface area contributed by atoms with Crippen molar-refractivity contribution in [2.24, 2.45) is 0 Å². The smallest absolute Gasteiger partial charge is 0.100 e. The minimum atomic E-state index is -0.0844. The molecule has 0 spiro atoms. The molecule has 0 aromatic heterocycles. The molecule has 1 aliphatic rings. The minimum Gasteiger partial charge on any atom is -0.316 e. The first-order valence-corrected chi connectivity index (χ1v) is 3.69. The van der Waals surface area contributed by atoms with E-state index in [-0.39, 0.29) is 11.9 Å². The Kier molecular flexibility index (Phi) is 2.79. The van der Waals surface area contributed by atoms with Crippen LogP contribution < -0.4 is 5.48 Å². The van der Waals surface area contributed by atoms with Crippen LogP contribution in [0.2, 0.25) is 0 Å². The molecular formula is C8H12FNO. The molecule has 1 rings (SSSR count). The summed E-state index contributed by atoms with van der Waals surface area (Å²) in [5.41, 5.74) is 3.17. The van der Waals surface area contributed by atoms with Crippen LogP contribution in [-0.2, 0) is 0 Å². The summed E-state index contributed by atoms with van der Waals surface area (Å²) >= 11 is 0. The highest BCUT2D eigenvalue weighted by Gasteiger charge is 2.10. The Morgan fingerprint density at radius 2 is 2.27 bits per heavy atom. The summed E-state index contributed by atoms with van der Waals surface area (Å²) in [6, 6.07) is -0.0700. The highest BCUT2D eigenvalue weighted by molar-refractivity contribution is 5.23. The van der Waals surface area contributed by atoms with Crippen molar-refractivity contribution in [2.75, 3.05) is 0 Å². The number of nitrogens with one attached hydrogen (secondary N) is 1. The lowest BCUT2D eigenvalue weighted by Gasteiger charge is -2.15. The van der Waals surface area contributed by atoms with Gasteiger partial charge >= 0.3 is 0 Å². The van der Waals surface area contributed by atoms with Crippen molar-refractivity contribution < 1.29 is 9.60 Å². The number of hydrogen-bond donors (Lipinski definition) is 2. The maximum Gasteiger partial charge on any atom is 0.100 e. The molecule has 11 heavy (non-hydrogen) atoms. The van der Waals surface area contributed by atoms with E-state index in [1.165, 1.54) is 6.08 Å². The van der Waals surface area contributed by atoms with Crippen LogP contribution in [0.15, 0.2) is 23.6 Å². The first-order chi connectivity index (χ1) is 5.24. The first-order valence-electron chi connectivity index (χ1n) is 3.69. The average Bonchev–Trinajstić information content (AvgIpc) is 2.05. The molecule has 0 saturated carbocycles. The third-order valence-electron chi connectivity index (χ3n) is 1.88. The SMILES string of the molecule is C[C@H](NO)C1=CC=C(F)CC1. The summed E-state index contributed by atoms with van der Waals surface area (Å²) in [7, 11) is 0. The predicted molar refractivity (Wildman–Crippen MR) is 40.9 cm³/mol. The largest absolute Gasteiger partial charge is 0.316 e. The van der Waals surface area contributed by atoms with Gasteiger partial charge in [-0.2, -0.15) is 5.48 Å². The lowest BCUT2D eigenvalue weighted by Crippen LogP contribution is -2.24. The van der Waals surface area contributed by atoms with Gasteiger partial charge in [-0.15, -0.1) is 0 Å². The van der Waals surface area contributed by atoms with E-state index >= 15 is 0 Å². The Balaban J connectivity index is 2.60. The molecule has 2 N–H and O–H groups in total. The topological polar surface area (TPSA) is 32.3 Å². The quantitative estimate of drug-likeness (QED) is 0.600. The zero-order valence-electron chi connectivity index (χ0n) is 6.47. The van der Waals surface area contributed by atoms with Gasteiger partial charge in [0.25, 0.3) is 0 Å². The fourth-order valence-corrected chi connectivity index (χ4v) is 1.07. The van der Waals surface area contributed by atoms with Crippen LogP contribution in [0.5, 0.6) is 0 Å². The Morgan fingerprint density at radius 3 is 2.73 bits per heavy atom. The number of halogens is 1. The second-order valence-corrected chi connectivity index (χ2v) is 2.71. The zero-order chi connectivity index (χ0) is 8.27. The summed E-state index contributed by atoms with van der Waals surface area (Å²) in [5.74, 6) is -0.0844. The summed E-state index contributed by atoms with van der Waals surface area (Å²) in [5, 5.41) is 8.55. The molecule has 0 fully saturated rings. The number of rotatable bonds is 2. The van der Waals surface area contributed by atoms with Crippen molar-refractivity contribution in [1.29, 1.82) is 0 Å². The van der Waals surface area contributed by atoms with Crippen molar-refractivity contribution in [1.82, 2.24) is 5.48 Å². The molecule has 0 aromatic rings. The summed E-state index contributed by atoms with van der Waals surface area (Å²) in [6.07, 6.45) is 4.31. The maximum atomic E-state index is 12.5. The maximum absolute atomic E-state index is 12.5. The Morgan fingerprint density at radius 1 is 1.55 bits per heavy atom. The van der Waals surface area contributed by atoms with Gasteiger partial charge in [0, 0.05) is 6.42 Å². The minimum absolute atomic E-state index is 0.0700. The fourth-order valence-electron chi connectivity index (χ4n) is 1.07. The molecular weight excluding hydrogens is 145 g/mol. The molecule has 2 nitrogen and oxygen atoms in total. The second-order valence-electron chi connectivity index (χ2n) is 2.71. The molecule has 0 bridgehead atoms. The standard InChI is InChI=1S/C8H12FNO/c1-6(10-11)7-2-4-8(9)5-3-7/h2,4,6,10-11H,3,5H2,1H3/t6-/m0/s1. The van der Waals surface area contributed by atoms with E-state index in [1.54, 1.807) is 6.08 Å². The molecule has 0 aliphatic heterocycles. The molecule has 0 aromatic carbocycles. The summed E-state index contributed by atoms with van der Waals surface area (Å²) < 4.78 is 12.5. The van der Waals surface area contributed by atoms with Gasteiger partial charge in [-0.3, -0.25) is 0 Å². The van der Waals surface area contributed by atoms with Gasteiger partial charge in [-0.05, 0) is 19.4 Å². The van der Waals surface area contributed by atoms with Crippen molar-refractivity contribution in [2.45, 2.75) is 25.8 Å². The highest BCUT2D eigenvalue weighted by Crippen LogP contribution is 2.20. The van der Waals surface area contributed by atoms with Crippen molar-refractivity contribution >= 4 is 0 Å². The van der Waals surface area contributed by atoms with E-state index in [2.05, 4.69) is 5.48 Å². The Hall–Kier alpha value is -0.670. The summed E-state index contributed by atoms with van der Waals surface area (Å²) in [6.45, 7) is 1.84. The monoisotopic (exact) mass is 157 g/mol. The molecule has 0 radical (unpaired) electrons. The molecule has 62 valence electrons. The molecule has 1 aliphatic carbocycles. The van der Waals surface area contributed by atoms with E-state index in [1.807, 2.05) is 6.92 Å². The lowest BCUT2D eigenvalue weighted by atomic mass is 9.99. The van der Waals surface area contributed by atoms with Crippen LogP contribution >= 0.6 is 0 Å². The van der Waals surface area contributed by atoms with Gasteiger partial charge in [-0.25, -0.2) is 4.39 Å². The Labute approximate surface area is 65.4 Å². The van der Waals surface area contributed by atoms with Crippen molar-refractivity contribution in [3.63, 3.8) is 0 Å². The molecule has 1 atom stereocenters. The van der Waals surface area contributed by atoms with E-state index in [9.17, 15) is 4.39 Å². The van der Waals surface area contributed by atoms with E-state index in [0.717, 1.165) is 5.57 Å². The average molecular weight is 157 g/mol. The van der Waals surface area contributed by atoms with Crippen molar-refractivity contribution in [3.8, 4) is 0 Å². The van der Waals surface area contributed by atoms with E-state index in [0.29, 0.717) is 12.8 Å². The number of hydroxylamine groups is 1. The third-order valence-corrected chi connectivity index (χ3v) is 1.88. The predicted octanol–water partition coefficient (Wildman–Crippen LogP) is 1.93. The van der Waals surface area contributed by atoms with E-state index < -0.39 is 0 Å². The fraction of sp³-hybridized carbons (Fsp3) is 0.500. The first kappa shape index (κ1) is 8.43. The molecule has 0 heterocycles. The molecule has 0 unspecified atom stereocenters. The normalized spacial score (nSPS) is 20.6. The van der Waals surface area contributed by atoms with Gasteiger partial charge < -0.3 is 5.21 Å². The van der Waals surface area contributed by atoms with Crippen LogP contribution in [0.4, 0.5) is 4.39 Å². The van der Waals surface area contributed by atoms with Crippen molar-refractivity contribution in [3.05, 3.63) is 23.6 Å². The Bertz CT molecular complexity index is 198. The second kappa shape index (κ2) is 3.64. The van der Waals surface area contributed by atoms with Crippen LogP contribution in [-0.4, -0.2) is 11.2 Å². The number of allylic oxidation sites excluding steroid dienone is 3.